The number of hydrogen-bond donors (Lipinski definition) is 1. The molecule has 29 heavy (non-hydrogen) atoms. The maximum Gasteiger partial charge on any atom is 0.165 e. The van der Waals surface area contributed by atoms with E-state index >= 15 is 0 Å². The summed E-state index contributed by atoms with van der Waals surface area (Å²) in [5.74, 6) is 2.88. The summed E-state index contributed by atoms with van der Waals surface area (Å²) in [4.78, 5) is 13.0. The van der Waals surface area contributed by atoms with Gasteiger partial charge in [0.1, 0.15) is 5.78 Å². The maximum absolute atomic E-state index is 13.0. The van der Waals surface area contributed by atoms with Crippen LogP contribution in [-0.4, -0.2) is 23.3 Å². The molecule has 3 heteroatoms. The minimum atomic E-state index is -0.927. The van der Waals surface area contributed by atoms with Gasteiger partial charge in [0.2, 0.25) is 0 Å². The Labute approximate surface area is 179 Å². The van der Waals surface area contributed by atoms with Crippen molar-refractivity contribution in [3.8, 4) is 0 Å². The first-order chi connectivity index (χ1) is 13.9. The predicted octanol–water partition coefficient (Wildman–Crippen LogP) is 6.52. The minimum Gasteiger partial charge on any atom is -0.365 e. The maximum atomic E-state index is 13.0. The Morgan fingerprint density at radius 3 is 2.55 bits per heavy atom. The lowest BCUT2D eigenvalue weighted by Gasteiger charge is -2.37. The Balaban J connectivity index is 1.83. The van der Waals surface area contributed by atoms with Gasteiger partial charge in [0.15, 0.2) is 5.79 Å². The molecule has 3 nitrogen and oxygen atoms in total. The number of ether oxygens (including phenoxy) is 1. The van der Waals surface area contributed by atoms with Crippen LogP contribution >= 0.6 is 0 Å². The minimum absolute atomic E-state index is 0.00445. The molecular weight excluding hydrogens is 360 g/mol. The fourth-order valence-corrected chi connectivity index (χ4v) is 7.82. The number of aliphatic hydroxyl groups is 1. The summed E-state index contributed by atoms with van der Waals surface area (Å²) in [6.07, 6.45) is 14.2. The second kappa shape index (κ2) is 9.81. The van der Waals surface area contributed by atoms with Crippen LogP contribution in [0.2, 0.25) is 0 Å². The van der Waals surface area contributed by atoms with Gasteiger partial charge in [-0.05, 0) is 81.5 Å². The Bertz CT molecular complexity index is 546. The van der Waals surface area contributed by atoms with Gasteiger partial charge in [0, 0.05) is 31.3 Å². The Morgan fingerprint density at radius 1 is 1.07 bits per heavy atom. The first-order valence-corrected chi connectivity index (χ1v) is 12.8. The highest BCUT2D eigenvalue weighted by Gasteiger charge is 2.52. The van der Waals surface area contributed by atoms with E-state index in [1.165, 1.54) is 32.1 Å². The number of carbonyl (C=O) groups excluding carboxylic acids is 1. The topological polar surface area (TPSA) is 46.5 Å². The smallest absolute Gasteiger partial charge is 0.165 e. The zero-order valence-electron chi connectivity index (χ0n) is 19.5. The van der Waals surface area contributed by atoms with E-state index in [4.69, 9.17) is 4.74 Å². The highest BCUT2D eigenvalue weighted by atomic mass is 16.6. The molecule has 168 valence electrons. The third kappa shape index (κ3) is 4.76. The molecule has 0 aromatic carbocycles. The lowest BCUT2D eigenvalue weighted by Crippen LogP contribution is -2.35. The fourth-order valence-electron chi connectivity index (χ4n) is 7.82. The van der Waals surface area contributed by atoms with Crippen LogP contribution in [-0.2, 0) is 9.53 Å². The first kappa shape index (κ1) is 23.3. The van der Waals surface area contributed by atoms with Gasteiger partial charge < -0.3 is 9.84 Å². The standard InChI is InChI=1S/C26H46O3/c1-5-9-20-17-21-11-12-24(27)25(21,14-6-2)16-13-23(20)22-10-8-15-26(28,29-7-3)18-19(22)4/h19-23,28H,5-18H2,1-4H3/t19?,20?,21?,22?,23?,25-,26?/m0/s1. The molecule has 0 aromatic heterocycles. The predicted molar refractivity (Wildman–Crippen MR) is 119 cm³/mol. The van der Waals surface area contributed by atoms with Crippen molar-refractivity contribution in [2.45, 2.75) is 117 Å². The Kier molecular flexibility index (Phi) is 7.87. The number of rotatable bonds is 7. The van der Waals surface area contributed by atoms with E-state index in [1.807, 2.05) is 6.92 Å². The number of fused-ring (bicyclic) bond motifs is 1. The van der Waals surface area contributed by atoms with E-state index in [0.29, 0.717) is 36.1 Å². The van der Waals surface area contributed by atoms with Crippen LogP contribution in [0.3, 0.4) is 0 Å². The SMILES string of the molecule is CCCC1CC2CCC(=O)[C@@]2(CCC)CCC1C1CCCC(O)(OCC)CC1C. The van der Waals surface area contributed by atoms with E-state index in [1.54, 1.807) is 0 Å². The summed E-state index contributed by atoms with van der Waals surface area (Å²) >= 11 is 0. The molecule has 3 rings (SSSR count). The third-order valence-corrected chi connectivity index (χ3v) is 8.97. The van der Waals surface area contributed by atoms with Crippen molar-refractivity contribution in [2.75, 3.05) is 6.61 Å². The van der Waals surface area contributed by atoms with Crippen molar-refractivity contribution in [1.29, 1.82) is 0 Å². The van der Waals surface area contributed by atoms with Crippen LogP contribution in [0.15, 0.2) is 0 Å². The molecule has 6 unspecified atom stereocenters. The fraction of sp³-hybridized carbons (Fsp3) is 0.962. The van der Waals surface area contributed by atoms with Gasteiger partial charge in [0.05, 0.1) is 0 Å². The summed E-state index contributed by atoms with van der Waals surface area (Å²) in [5.41, 5.74) is -0.00445. The van der Waals surface area contributed by atoms with Crippen molar-refractivity contribution in [3.05, 3.63) is 0 Å². The molecule has 3 aliphatic carbocycles. The lowest BCUT2D eigenvalue weighted by atomic mass is 9.69. The van der Waals surface area contributed by atoms with E-state index in [2.05, 4.69) is 20.8 Å². The van der Waals surface area contributed by atoms with Crippen molar-refractivity contribution >= 4 is 5.78 Å². The highest BCUT2D eigenvalue weighted by Crippen LogP contribution is 2.57. The molecule has 3 aliphatic rings. The van der Waals surface area contributed by atoms with Gasteiger partial charge >= 0.3 is 0 Å². The molecule has 3 saturated carbocycles. The van der Waals surface area contributed by atoms with E-state index in [0.717, 1.165) is 57.3 Å². The van der Waals surface area contributed by atoms with Crippen molar-refractivity contribution in [2.24, 2.45) is 35.0 Å². The Hall–Kier alpha value is -0.410. The Morgan fingerprint density at radius 2 is 1.86 bits per heavy atom. The molecular formula is C26H46O3. The summed E-state index contributed by atoms with van der Waals surface area (Å²) < 4.78 is 5.79. The molecule has 0 amide bonds. The van der Waals surface area contributed by atoms with Gasteiger partial charge in [-0.2, -0.15) is 0 Å². The van der Waals surface area contributed by atoms with E-state index < -0.39 is 5.79 Å². The monoisotopic (exact) mass is 406 g/mol. The van der Waals surface area contributed by atoms with Crippen LogP contribution in [0.5, 0.6) is 0 Å². The molecule has 0 aliphatic heterocycles. The molecule has 0 spiro atoms. The average Bonchev–Trinajstić information content (AvgIpc) is 2.79. The van der Waals surface area contributed by atoms with Crippen LogP contribution in [0.25, 0.3) is 0 Å². The number of hydrogen-bond acceptors (Lipinski definition) is 3. The van der Waals surface area contributed by atoms with Gasteiger partial charge in [-0.3, -0.25) is 4.79 Å². The second-order valence-corrected chi connectivity index (χ2v) is 10.7. The summed E-state index contributed by atoms with van der Waals surface area (Å²) in [5, 5.41) is 11.0. The van der Waals surface area contributed by atoms with Gasteiger partial charge in [-0.15, -0.1) is 0 Å². The molecule has 0 heterocycles. The van der Waals surface area contributed by atoms with Gasteiger partial charge in [0.25, 0.3) is 0 Å². The number of carbonyl (C=O) groups is 1. The average molecular weight is 407 g/mol. The molecule has 0 saturated heterocycles. The van der Waals surface area contributed by atoms with E-state index in [-0.39, 0.29) is 5.41 Å². The normalized spacial score (nSPS) is 43.6. The lowest BCUT2D eigenvalue weighted by molar-refractivity contribution is -0.213. The van der Waals surface area contributed by atoms with Crippen molar-refractivity contribution in [3.63, 3.8) is 0 Å². The van der Waals surface area contributed by atoms with Gasteiger partial charge in [-0.25, -0.2) is 0 Å². The first-order valence-electron chi connectivity index (χ1n) is 12.8. The van der Waals surface area contributed by atoms with Crippen LogP contribution in [0.1, 0.15) is 111 Å². The molecule has 3 fully saturated rings. The number of ketones is 1. The molecule has 7 atom stereocenters. The summed E-state index contributed by atoms with van der Waals surface area (Å²) in [6.45, 7) is 9.49. The largest absolute Gasteiger partial charge is 0.365 e. The van der Waals surface area contributed by atoms with Crippen LogP contribution in [0, 0.1) is 35.0 Å². The van der Waals surface area contributed by atoms with Gasteiger partial charge in [-0.1, -0.05) is 40.0 Å². The molecule has 0 aromatic rings. The zero-order valence-corrected chi connectivity index (χ0v) is 19.5. The van der Waals surface area contributed by atoms with Crippen LogP contribution in [0.4, 0.5) is 0 Å². The second-order valence-electron chi connectivity index (χ2n) is 10.7. The molecule has 1 N–H and O–H groups in total. The quantitative estimate of drug-likeness (QED) is 0.387. The van der Waals surface area contributed by atoms with Crippen LogP contribution < -0.4 is 0 Å². The molecule has 0 radical (unpaired) electrons. The number of Topliss-reactive ketones (excluding diaryl/α,β-unsaturated/α-hetero) is 1. The third-order valence-electron chi connectivity index (χ3n) is 8.97. The van der Waals surface area contributed by atoms with Crippen molar-refractivity contribution < 1.29 is 14.6 Å². The zero-order chi connectivity index (χ0) is 21.1. The summed E-state index contributed by atoms with van der Waals surface area (Å²) in [6, 6.07) is 0. The van der Waals surface area contributed by atoms with Crippen molar-refractivity contribution in [1.82, 2.24) is 0 Å². The molecule has 0 bridgehead atoms. The highest BCUT2D eigenvalue weighted by molar-refractivity contribution is 5.87. The van der Waals surface area contributed by atoms with E-state index in [9.17, 15) is 9.90 Å². The summed E-state index contributed by atoms with van der Waals surface area (Å²) in [7, 11) is 0.